The van der Waals surface area contributed by atoms with Crippen LogP contribution >= 0.6 is 0 Å². The van der Waals surface area contributed by atoms with Crippen LogP contribution in [-0.2, 0) is 6.42 Å². The molecular weight excluding hydrogens is 360 g/mol. The first-order chi connectivity index (χ1) is 14.2. The van der Waals surface area contributed by atoms with Gasteiger partial charge in [0.25, 0.3) is 0 Å². The number of ether oxygens (including phenoxy) is 1. The third-order valence-corrected chi connectivity index (χ3v) is 7.09. The van der Waals surface area contributed by atoms with E-state index < -0.39 is 0 Å². The van der Waals surface area contributed by atoms with Crippen LogP contribution in [0.15, 0.2) is 30.3 Å². The monoisotopic (exact) mass is 390 g/mol. The van der Waals surface area contributed by atoms with Gasteiger partial charge in [0, 0.05) is 29.6 Å². The summed E-state index contributed by atoms with van der Waals surface area (Å²) in [6.45, 7) is 4.26. The quantitative estimate of drug-likeness (QED) is 0.652. The second-order valence-electron chi connectivity index (χ2n) is 8.52. The van der Waals surface area contributed by atoms with Crippen LogP contribution in [0.25, 0.3) is 10.8 Å². The Hall–Kier alpha value is -2.38. The Labute approximate surface area is 173 Å². The average Bonchev–Trinajstić information content (AvgIpc) is 2.72. The fourth-order valence-corrected chi connectivity index (χ4v) is 5.09. The third kappa shape index (κ3) is 3.76. The van der Waals surface area contributed by atoms with E-state index in [9.17, 15) is 10.1 Å². The molecule has 0 amide bonds. The number of Topliss-reactive ketones (excluding diaryl/α,β-unsaturated/α-hetero) is 1. The second-order valence-corrected chi connectivity index (χ2v) is 8.52. The highest BCUT2D eigenvalue weighted by Crippen LogP contribution is 2.35. The number of fused-ring (bicyclic) bond motifs is 1. The van der Waals surface area contributed by atoms with Crippen molar-refractivity contribution >= 4 is 16.6 Å². The molecule has 1 saturated carbocycles. The van der Waals surface area contributed by atoms with Crippen LogP contribution in [0.1, 0.15) is 54.9 Å². The number of ketones is 1. The number of likely N-dealkylation sites (tertiary alicyclic amines) is 1. The van der Waals surface area contributed by atoms with Gasteiger partial charge in [-0.05, 0) is 54.6 Å². The lowest BCUT2D eigenvalue weighted by atomic mass is 9.77. The normalized spacial score (nSPS) is 22.8. The van der Waals surface area contributed by atoms with Gasteiger partial charge < -0.3 is 4.74 Å². The van der Waals surface area contributed by atoms with Gasteiger partial charge in [-0.2, -0.15) is 5.26 Å². The van der Waals surface area contributed by atoms with E-state index in [0.717, 1.165) is 53.6 Å². The maximum absolute atomic E-state index is 13.5. The van der Waals surface area contributed by atoms with Crippen LogP contribution < -0.4 is 4.74 Å². The number of hydrogen-bond acceptors (Lipinski definition) is 4. The van der Waals surface area contributed by atoms with Gasteiger partial charge >= 0.3 is 0 Å². The minimum Gasteiger partial charge on any atom is -0.496 e. The zero-order valence-electron chi connectivity index (χ0n) is 17.5. The molecule has 4 heteroatoms. The SMILES string of the molecule is CC[C@H]1CCN(C2CCC2)C[C@@H]1C(=O)c1ccc2c(CC#N)c(OC)ccc2c1. The maximum atomic E-state index is 13.5. The van der Waals surface area contributed by atoms with Crippen LogP contribution in [0.2, 0.25) is 0 Å². The molecule has 2 aromatic carbocycles. The molecule has 0 radical (unpaired) electrons. The largest absolute Gasteiger partial charge is 0.496 e. The van der Waals surface area contributed by atoms with Crippen LogP contribution in [0.3, 0.4) is 0 Å². The highest BCUT2D eigenvalue weighted by atomic mass is 16.5. The number of carbonyl (C=O) groups excluding carboxylic acids is 1. The Morgan fingerprint density at radius 3 is 2.72 bits per heavy atom. The zero-order valence-corrected chi connectivity index (χ0v) is 17.5. The molecule has 1 aliphatic heterocycles. The summed E-state index contributed by atoms with van der Waals surface area (Å²) in [5, 5.41) is 11.2. The molecule has 0 bridgehead atoms. The van der Waals surface area contributed by atoms with Crippen molar-refractivity contribution in [2.24, 2.45) is 11.8 Å². The highest BCUT2D eigenvalue weighted by molar-refractivity contribution is 6.02. The molecule has 0 aromatic heterocycles. The number of nitriles is 1. The Kier molecular flexibility index (Phi) is 5.87. The molecule has 152 valence electrons. The smallest absolute Gasteiger partial charge is 0.167 e. The highest BCUT2D eigenvalue weighted by Gasteiger charge is 2.37. The van der Waals surface area contributed by atoms with E-state index in [1.54, 1.807) is 7.11 Å². The number of hydrogen-bond donors (Lipinski definition) is 0. The van der Waals surface area contributed by atoms with Crippen molar-refractivity contribution in [3.63, 3.8) is 0 Å². The van der Waals surface area contributed by atoms with E-state index in [1.165, 1.54) is 19.3 Å². The molecule has 4 nitrogen and oxygen atoms in total. The molecule has 0 spiro atoms. The lowest BCUT2D eigenvalue weighted by Crippen LogP contribution is -2.50. The van der Waals surface area contributed by atoms with E-state index in [1.807, 2.05) is 30.3 Å². The average molecular weight is 391 g/mol. The van der Waals surface area contributed by atoms with Crippen molar-refractivity contribution < 1.29 is 9.53 Å². The van der Waals surface area contributed by atoms with Crippen LogP contribution in [0, 0.1) is 23.2 Å². The fraction of sp³-hybridized carbons (Fsp3) is 0.520. The van der Waals surface area contributed by atoms with E-state index >= 15 is 0 Å². The Morgan fingerprint density at radius 2 is 2.07 bits per heavy atom. The molecule has 2 atom stereocenters. The fourth-order valence-electron chi connectivity index (χ4n) is 5.09. The van der Waals surface area contributed by atoms with E-state index in [2.05, 4.69) is 17.9 Å². The number of carbonyl (C=O) groups is 1. The Balaban J connectivity index is 1.64. The standard InChI is InChI=1S/C25H30N2O2/c1-3-17-12-14-27(20-5-4-6-20)16-23(17)25(28)19-7-9-21-18(15-19)8-10-24(29-2)22(21)11-13-26/h7-10,15,17,20,23H,3-6,11-12,14,16H2,1-2H3/t17-,23-/m0/s1. The van der Waals surface area contributed by atoms with Gasteiger partial charge in [-0.1, -0.05) is 38.0 Å². The van der Waals surface area contributed by atoms with Crippen molar-refractivity contribution in [3.05, 3.63) is 41.5 Å². The number of methoxy groups -OCH3 is 1. The van der Waals surface area contributed by atoms with Gasteiger partial charge in [-0.25, -0.2) is 0 Å². The summed E-state index contributed by atoms with van der Waals surface area (Å²) in [4.78, 5) is 16.1. The predicted molar refractivity (Wildman–Crippen MR) is 115 cm³/mol. The molecule has 4 rings (SSSR count). The molecule has 2 aromatic rings. The molecule has 1 saturated heterocycles. The van der Waals surface area contributed by atoms with E-state index in [-0.39, 0.29) is 11.7 Å². The lowest BCUT2D eigenvalue weighted by Gasteiger charge is -2.44. The molecule has 29 heavy (non-hydrogen) atoms. The molecule has 2 fully saturated rings. The molecular formula is C25H30N2O2. The van der Waals surface area contributed by atoms with Crippen molar-refractivity contribution in [3.8, 4) is 11.8 Å². The van der Waals surface area contributed by atoms with E-state index in [0.29, 0.717) is 18.4 Å². The van der Waals surface area contributed by atoms with Crippen LogP contribution in [0.4, 0.5) is 0 Å². The van der Waals surface area contributed by atoms with Gasteiger partial charge in [0.05, 0.1) is 19.6 Å². The van der Waals surface area contributed by atoms with Crippen LogP contribution in [0.5, 0.6) is 5.75 Å². The molecule has 1 heterocycles. The summed E-state index contributed by atoms with van der Waals surface area (Å²) in [6, 6.07) is 12.8. The summed E-state index contributed by atoms with van der Waals surface area (Å²) in [5.41, 5.74) is 1.69. The van der Waals surface area contributed by atoms with Gasteiger partial charge in [0.2, 0.25) is 0 Å². The van der Waals surface area contributed by atoms with Crippen LogP contribution in [-0.4, -0.2) is 36.9 Å². The molecule has 0 N–H and O–H groups in total. The maximum Gasteiger partial charge on any atom is 0.167 e. The number of rotatable bonds is 6. The van der Waals surface area contributed by atoms with Crippen molar-refractivity contribution in [2.75, 3.05) is 20.2 Å². The topological polar surface area (TPSA) is 53.3 Å². The minimum absolute atomic E-state index is 0.0867. The van der Waals surface area contributed by atoms with Crippen molar-refractivity contribution in [1.82, 2.24) is 4.90 Å². The number of piperidine rings is 1. The minimum atomic E-state index is 0.0867. The Morgan fingerprint density at radius 1 is 1.24 bits per heavy atom. The summed E-state index contributed by atoms with van der Waals surface area (Å²) in [6.07, 6.45) is 6.39. The third-order valence-electron chi connectivity index (χ3n) is 7.09. The van der Waals surface area contributed by atoms with Crippen molar-refractivity contribution in [2.45, 2.75) is 51.5 Å². The second kappa shape index (κ2) is 8.55. The number of nitrogens with zero attached hydrogens (tertiary/aromatic N) is 2. The van der Waals surface area contributed by atoms with Gasteiger partial charge in [0.1, 0.15) is 5.75 Å². The first-order valence-electron chi connectivity index (χ1n) is 10.9. The first-order valence-corrected chi connectivity index (χ1v) is 10.9. The van der Waals surface area contributed by atoms with Gasteiger partial charge in [-0.3, -0.25) is 9.69 Å². The first kappa shape index (κ1) is 19.9. The summed E-state index contributed by atoms with van der Waals surface area (Å²) >= 11 is 0. The molecule has 2 aliphatic rings. The van der Waals surface area contributed by atoms with Gasteiger partial charge in [0.15, 0.2) is 5.78 Å². The summed E-state index contributed by atoms with van der Waals surface area (Å²) < 4.78 is 5.43. The predicted octanol–water partition coefficient (Wildman–Crippen LogP) is 5.00. The zero-order chi connectivity index (χ0) is 20.4. The summed E-state index contributed by atoms with van der Waals surface area (Å²) in [5.74, 6) is 1.57. The molecule has 0 unspecified atom stereocenters. The Bertz CT molecular complexity index is 942. The lowest BCUT2D eigenvalue weighted by molar-refractivity contribution is 0.0401. The molecule has 1 aliphatic carbocycles. The van der Waals surface area contributed by atoms with Gasteiger partial charge in [-0.15, -0.1) is 0 Å². The van der Waals surface area contributed by atoms with E-state index in [4.69, 9.17) is 4.74 Å². The van der Waals surface area contributed by atoms with Crippen molar-refractivity contribution in [1.29, 1.82) is 5.26 Å². The number of benzene rings is 2. The summed E-state index contributed by atoms with van der Waals surface area (Å²) in [7, 11) is 1.63.